The zero-order valence-corrected chi connectivity index (χ0v) is 12.5. The van der Waals surface area contributed by atoms with Crippen LogP contribution in [0.25, 0.3) is 0 Å². The minimum atomic E-state index is -0.0242. The van der Waals surface area contributed by atoms with E-state index in [2.05, 4.69) is 27.3 Å². The summed E-state index contributed by atoms with van der Waals surface area (Å²) in [4.78, 5) is 16.3. The highest BCUT2D eigenvalue weighted by Gasteiger charge is 2.28. The van der Waals surface area contributed by atoms with Gasteiger partial charge >= 0.3 is 0 Å². The lowest BCUT2D eigenvalue weighted by Gasteiger charge is -2.20. The summed E-state index contributed by atoms with van der Waals surface area (Å²) in [7, 11) is 4.10. The highest BCUT2D eigenvalue weighted by Crippen LogP contribution is 2.15. The van der Waals surface area contributed by atoms with E-state index >= 15 is 0 Å². The Bertz CT molecular complexity index is 445. The Morgan fingerprint density at radius 1 is 1.45 bits per heavy atom. The van der Waals surface area contributed by atoms with E-state index in [1.54, 1.807) is 6.07 Å². The second kappa shape index (κ2) is 6.65. The number of carbonyl (C=O) groups is 1. The molecular formula is C14H23N5O. The molecule has 0 radical (unpaired) electrons. The number of nitrogens with one attached hydrogen (secondary N) is 1. The fourth-order valence-corrected chi connectivity index (χ4v) is 2.30. The molecule has 1 aromatic rings. The third-order valence-electron chi connectivity index (χ3n) is 3.62. The van der Waals surface area contributed by atoms with Crippen LogP contribution < -0.4 is 5.32 Å². The number of anilines is 1. The standard InChI is InChI=1S/C14H23N5O/c1-4-8-15-13-6-5-12(16-17-13)14(20)19-9-7-11(10-19)18(2)3/h5-6,11H,4,7-10H2,1-3H3,(H,15,17). The van der Waals surface area contributed by atoms with Crippen LogP contribution in [0.4, 0.5) is 5.82 Å². The summed E-state index contributed by atoms with van der Waals surface area (Å²) in [5, 5.41) is 11.2. The molecule has 1 aliphatic heterocycles. The molecule has 1 fully saturated rings. The first kappa shape index (κ1) is 14.7. The molecule has 1 atom stereocenters. The number of nitrogens with zero attached hydrogens (tertiary/aromatic N) is 4. The van der Waals surface area contributed by atoms with Gasteiger partial charge < -0.3 is 15.1 Å². The molecule has 110 valence electrons. The third kappa shape index (κ3) is 3.45. The van der Waals surface area contributed by atoms with Gasteiger partial charge in [-0.2, -0.15) is 0 Å². The number of hydrogen-bond acceptors (Lipinski definition) is 5. The first-order valence-corrected chi connectivity index (χ1v) is 7.15. The van der Waals surface area contributed by atoms with Crippen molar-refractivity contribution in [3.05, 3.63) is 17.8 Å². The van der Waals surface area contributed by atoms with Crippen molar-refractivity contribution in [2.45, 2.75) is 25.8 Å². The van der Waals surface area contributed by atoms with Crippen LogP contribution in [0.1, 0.15) is 30.3 Å². The predicted molar refractivity (Wildman–Crippen MR) is 78.8 cm³/mol. The molecule has 1 aliphatic rings. The number of carbonyl (C=O) groups excluding carboxylic acids is 1. The van der Waals surface area contributed by atoms with E-state index in [0.717, 1.165) is 38.3 Å². The highest BCUT2D eigenvalue weighted by atomic mass is 16.2. The number of aromatic nitrogens is 2. The topological polar surface area (TPSA) is 61.4 Å². The van der Waals surface area contributed by atoms with Crippen LogP contribution >= 0.6 is 0 Å². The fourth-order valence-electron chi connectivity index (χ4n) is 2.30. The van der Waals surface area contributed by atoms with Crippen LogP contribution in [-0.4, -0.2) is 65.7 Å². The van der Waals surface area contributed by atoms with Gasteiger partial charge in [-0.05, 0) is 39.1 Å². The SMILES string of the molecule is CCCNc1ccc(C(=O)N2CCC(N(C)C)C2)nn1. The molecule has 6 nitrogen and oxygen atoms in total. The van der Waals surface area contributed by atoms with Crippen LogP contribution in [0.3, 0.4) is 0 Å². The van der Waals surface area contributed by atoms with Crippen molar-refractivity contribution in [3.8, 4) is 0 Å². The molecular weight excluding hydrogens is 254 g/mol. The second-order valence-electron chi connectivity index (χ2n) is 5.39. The molecule has 0 saturated carbocycles. The van der Waals surface area contributed by atoms with Crippen molar-refractivity contribution in [1.82, 2.24) is 20.0 Å². The number of likely N-dealkylation sites (tertiary alicyclic amines) is 1. The number of amides is 1. The molecule has 20 heavy (non-hydrogen) atoms. The molecule has 1 N–H and O–H groups in total. The van der Waals surface area contributed by atoms with Crippen molar-refractivity contribution < 1.29 is 4.79 Å². The number of hydrogen-bond donors (Lipinski definition) is 1. The summed E-state index contributed by atoms with van der Waals surface area (Å²) in [6, 6.07) is 4.00. The molecule has 0 aromatic carbocycles. The van der Waals surface area contributed by atoms with Crippen molar-refractivity contribution in [2.24, 2.45) is 0 Å². The average molecular weight is 277 g/mol. The van der Waals surface area contributed by atoms with Gasteiger partial charge in [0.15, 0.2) is 5.69 Å². The van der Waals surface area contributed by atoms with Crippen LogP contribution in [0.5, 0.6) is 0 Å². The number of likely N-dealkylation sites (N-methyl/N-ethyl adjacent to an activating group) is 1. The van der Waals surface area contributed by atoms with Gasteiger partial charge in [0, 0.05) is 25.7 Å². The Morgan fingerprint density at radius 2 is 2.25 bits per heavy atom. The first-order chi connectivity index (χ1) is 9.61. The Hall–Kier alpha value is -1.69. The fraction of sp³-hybridized carbons (Fsp3) is 0.643. The third-order valence-corrected chi connectivity index (χ3v) is 3.62. The molecule has 0 aliphatic carbocycles. The highest BCUT2D eigenvalue weighted by molar-refractivity contribution is 5.92. The number of rotatable bonds is 5. The maximum atomic E-state index is 12.3. The van der Waals surface area contributed by atoms with Crippen molar-refractivity contribution in [2.75, 3.05) is 39.0 Å². The molecule has 1 unspecified atom stereocenters. The lowest BCUT2D eigenvalue weighted by Crippen LogP contribution is -2.34. The maximum Gasteiger partial charge on any atom is 0.274 e. The lowest BCUT2D eigenvalue weighted by molar-refractivity contribution is 0.0776. The summed E-state index contributed by atoms with van der Waals surface area (Å²) in [6.45, 7) is 4.51. The maximum absolute atomic E-state index is 12.3. The minimum absolute atomic E-state index is 0.0242. The molecule has 6 heteroatoms. The Balaban J connectivity index is 1.96. The van der Waals surface area contributed by atoms with Crippen molar-refractivity contribution in [3.63, 3.8) is 0 Å². The van der Waals surface area contributed by atoms with Crippen LogP contribution in [0.15, 0.2) is 12.1 Å². The largest absolute Gasteiger partial charge is 0.369 e. The van der Waals surface area contributed by atoms with Gasteiger partial charge in [0.1, 0.15) is 5.82 Å². The Labute approximate surface area is 120 Å². The molecule has 1 saturated heterocycles. The van der Waals surface area contributed by atoms with Crippen LogP contribution in [-0.2, 0) is 0 Å². The van der Waals surface area contributed by atoms with Gasteiger partial charge in [-0.25, -0.2) is 0 Å². The smallest absolute Gasteiger partial charge is 0.274 e. The predicted octanol–water partition coefficient (Wildman–Crippen LogP) is 1.07. The van der Waals surface area contributed by atoms with Gasteiger partial charge in [-0.15, -0.1) is 10.2 Å². The van der Waals surface area contributed by atoms with Gasteiger partial charge in [-0.3, -0.25) is 4.79 Å². The van der Waals surface area contributed by atoms with E-state index < -0.39 is 0 Å². The minimum Gasteiger partial charge on any atom is -0.369 e. The quantitative estimate of drug-likeness (QED) is 0.872. The zero-order chi connectivity index (χ0) is 14.5. The Kier molecular flexibility index (Phi) is 4.89. The summed E-state index contributed by atoms with van der Waals surface area (Å²) in [6.07, 6.45) is 2.05. The van der Waals surface area contributed by atoms with Crippen molar-refractivity contribution in [1.29, 1.82) is 0 Å². The van der Waals surface area contributed by atoms with Gasteiger partial charge in [-0.1, -0.05) is 6.92 Å². The van der Waals surface area contributed by atoms with E-state index in [0.29, 0.717) is 11.7 Å². The normalized spacial score (nSPS) is 18.6. The molecule has 2 rings (SSSR count). The molecule has 0 bridgehead atoms. The summed E-state index contributed by atoms with van der Waals surface area (Å²) >= 11 is 0. The monoisotopic (exact) mass is 277 g/mol. The molecule has 1 aromatic heterocycles. The van der Waals surface area contributed by atoms with E-state index in [9.17, 15) is 4.79 Å². The van der Waals surface area contributed by atoms with Gasteiger partial charge in [0.25, 0.3) is 5.91 Å². The summed E-state index contributed by atoms with van der Waals surface area (Å²) < 4.78 is 0. The summed E-state index contributed by atoms with van der Waals surface area (Å²) in [5.74, 6) is 0.694. The zero-order valence-electron chi connectivity index (χ0n) is 12.5. The van der Waals surface area contributed by atoms with E-state index in [4.69, 9.17) is 0 Å². The first-order valence-electron chi connectivity index (χ1n) is 7.15. The lowest BCUT2D eigenvalue weighted by atomic mass is 10.2. The molecule has 0 spiro atoms. The second-order valence-corrected chi connectivity index (χ2v) is 5.39. The molecule has 1 amide bonds. The van der Waals surface area contributed by atoms with Gasteiger partial charge in [0.2, 0.25) is 0 Å². The molecule has 2 heterocycles. The van der Waals surface area contributed by atoms with E-state index in [1.807, 2.05) is 25.1 Å². The Morgan fingerprint density at radius 3 is 2.80 bits per heavy atom. The van der Waals surface area contributed by atoms with E-state index in [1.165, 1.54) is 0 Å². The van der Waals surface area contributed by atoms with Crippen LogP contribution in [0, 0.1) is 0 Å². The van der Waals surface area contributed by atoms with Crippen LogP contribution in [0.2, 0.25) is 0 Å². The van der Waals surface area contributed by atoms with Crippen molar-refractivity contribution >= 4 is 11.7 Å². The summed E-state index contributed by atoms with van der Waals surface area (Å²) in [5.41, 5.74) is 0.423. The average Bonchev–Trinajstić information content (AvgIpc) is 2.95. The van der Waals surface area contributed by atoms with E-state index in [-0.39, 0.29) is 5.91 Å². The van der Waals surface area contributed by atoms with Gasteiger partial charge in [0.05, 0.1) is 0 Å².